The molecule has 0 aliphatic carbocycles. The summed E-state index contributed by atoms with van der Waals surface area (Å²) in [4.78, 5) is 83.1. The molecule has 0 bridgehead atoms. The Hall–Kier alpha value is -6.29. The average molecular weight is 1010 g/mol. The fourth-order valence-corrected chi connectivity index (χ4v) is 5.57. The molecule has 4 aromatic carbocycles. The van der Waals surface area contributed by atoms with Crippen LogP contribution in [-0.2, 0) is 19.2 Å². The number of nitrogens with zero attached hydrogens (tertiary/aromatic N) is 7. The molecule has 0 aromatic heterocycles. The van der Waals surface area contributed by atoms with Crippen LogP contribution in [-0.4, -0.2) is 67.1 Å². The Balaban J connectivity index is 0. The maximum Gasteiger partial charge on any atom is 3.00 e. The van der Waals surface area contributed by atoms with E-state index in [-0.39, 0.29) is 64.5 Å². The summed E-state index contributed by atoms with van der Waals surface area (Å²) >= 11 is 0. The molecular weight excluding hydrogens is 955 g/mol. The smallest absolute Gasteiger partial charge is 0.356 e. The molecule has 0 saturated carbocycles. The van der Waals surface area contributed by atoms with Gasteiger partial charge in [-0.2, -0.15) is 0 Å². The van der Waals surface area contributed by atoms with E-state index in [1.54, 1.807) is 47.8 Å². The van der Waals surface area contributed by atoms with Crippen LogP contribution in [0.2, 0.25) is 0 Å². The van der Waals surface area contributed by atoms with E-state index in [0.717, 1.165) is 48.4 Å². The quantitative estimate of drug-likeness (QED) is 0.0672. The summed E-state index contributed by atoms with van der Waals surface area (Å²) in [6, 6.07) is 37.7. The number of carbonyl (C=O) groups excluding carboxylic acids is 4. The fourth-order valence-electron chi connectivity index (χ4n) is 5.57. The van der Waals surface area contributed by atoms with Crippen molar-refractivity contribution in [3.05, 3.63) is 167 Å². The van der Waals surface area contributed by atoms with Gasteiger partial charge in [0.15, 0.2) is 0 Å². The van der Waals surface area contributed by atoms with E-state index in [4.69, 9.17) is 46.0 Å². The van der Waals surface area contributed by atoms with Crippen LogP contribution >= 0.6 is 0 Å². The van der Waals surface area contributed by atoms with E-state index in [0.29, 0.717) is 12.8 Å². The van der Waals surface area contributed by atoms with Crippen molar-refractivity contribution in [2.45, 2.75) is 52.4 Å². The van der Waals surface area contributed by atoms with Gasteiger partial charge in [0, 0.05) is 50.9 Å². The monoisotopic (exact) mass is 1000 g/mol. The Morgan fingerprint density at radius 2 is 0.571 bits per heavy atom. The molecular formula is C42H52N7NdO13. The number of carbonyl (C=O) groups is 4. The summed E-state index contributed by atoms with van der Waals surface area (Å²) in [5.41, 5.74) is 3.18. The number of hydrogen-bond acceptors (Lipinski definition) is 13. The van der Waals surface area contributed by atoms with Gasteiger partial charge < -0.3 is 65.6 Å². The number of amides is 4. The van der Waals surface area contributed by atoms with Crippen LogP contribution in [0.15, 0.2) is 121 Å². The Morgan fingerprint density at radius 1 is 0.413 bits per heavy atom. The molecule has 21 heteroatoms. The van der Waals surface area contributed by atoms with Crippen molar-refractivity contribution in [3.63, 3.8) is 0 Å². The molecule has 4 amide bonds. The van der Waals surface area contributed by atoms with Crippen molar-refractivity contribution < 1.29 is 75.3 Å². The first kappa shape index (κ1) is 58.8. The molecule has 0 atom stereocenters. The van der Waals surface area contributed by atoms with Crippen LogP contribution in [0, 0.1) is 98.6 Å². The maximum atomic E-state index is 13.0. The minimum absolute atomic E-state index is 0. The molecule has 1 radical (unpaired) electrons. The van der Waals surface area contributed by atoms with E-state index < -0.39 is 27.1 Å². The second-order valence-electron chi connectivity index (χ2n) is 13.0. The van der Waals surface area contributed by atoms with Crippen molar-refractivity contribution >= 4 is 46.4 Å². The number of benzene rings is 4. The molecule has 20 nitrogen and oxygen atoms in total. The van der Waals surface area contributed by atoms with Gasteiger partial charge in [0.1, 0.15) is 11.8 Å². The number of anilines is 4. The molecule has 0 aliphatic rings. The molecule has 337 valence electrons. The molecule has 4 rings (SSSR count). The van der Waals surface area contributed by atoms with Gasteiger partial charge >= 0.3 is 40.8 Å². The molecule has 0 N–H and O–H groups in total. The minimum atomic E-state index is -1.75. The van der Waals surface area contributed by atoms with Crippen molar-refractivity contribution in [3.8, 4) is 0 Å². The number of unbranched alkanes of at least 4 members (excludes halogenated alkanes) is 2. The van der Waals surface area contributed by atoms with Gasteiger partial charge in [-0.15, -0.1) is 0 Å². The standard InChI is InChI=1S/2C21H26N2O2.3NO3.Nd/c2*1-4-5-16-19(20(24)22(2)17-12-8-6-9-13-17)21(25)23(3)18-14-10-7-11-15-18;3*2-1(3)4;/h2*6-15,19H,4-5,16H2,1-3H3;;;;/q;;3*-1;+3. The van der Waals surface area contributed by atoms with E-state index in [2.05, 4.69) is 13.8 Å². The van der Waals surface area contributed by atoms with Gasteiger partial charge in [-0.05, 0) is 61.4 Å². The fraction of sp³-hybridized carbons (Fsp3) is 0.333. The third-order valence-electron chi connectivity index (χ3n) is 8.78. The molecule has 0 saturated heterocycles. The molecule has 0 fully saturated rings. The summed E-state index contributed by atoms with van der Waals surface area (Å²) < 4.78 is 0. The van der Waals surface area contributed by atoms with Crippen LogP contribution < -0.4 is 19.6 Å². The number of rotatable bonds is 14. The zero-order valence-electron chi connectivity index (χ0n) is 35.9. The first-order valence-electron chi connectivity index (χ1n) is 19.1. The molecule has 0 aliphatic heterocycles. The topological polar surface area (TPSA) is 280 Å². The molecule has 0 unspecified atom stereocenters. The first-order chi connectivity index (χ1) is 29.3. The van der Waals surface area contributed by atoms with Crippen LogP contribution in [0.4, 0.5) is 22.7 Å². The molecule has 0 heterocycles. The van der Waals surface area contributed by atoms with Gasteiger partial charge in [-0.25, -0.2) is 0 Å². The summed E-state index contributed by atoms with van der Waals surface area (Å²) in [5, 5.41) is 44.2. The van der Waals surface area contributed by atoms with Gasteiger partial charge in [0.25, 0.3) is 0 Å². The zero-order valence-corrected chi connectivity index (χ0v) is 39.1. The Bertz CT molecular complexity index is 1670. The zero-order chi connectivity index (χ0) is 47.2. The predicted octanol–water partition coefficient (Wildman–Crippen LogP) is 7.52. The van der Waals surface area contributed by atoms with Crippen LogP contribution in [0.25, 0.3) is 0 Å². The Labute approximate surface area is 398 Å². The maximum absolute atomic E-state index is 13.0. The van der Waals surface area contributed by atoms with Gasteiger partial charge in [-0.3, -0.25) is 19.2 Å². The van der Waals surface area contributed by atoms with Crippen molar-refractivity contribution in [2.24, 2.45) is 11.8 Å². The summed E-state index contributed by atoms with van der Waals surface area (Å²) in [6.07, 6.45) is 4.69. The second-order valence-corrected chi connectivity index (χ2v) is 13.0. The van der Waals surface area contributed by atoms with Gasteiger partial charge in [-0.1, -0.05) is 112 Å². The third kappa shape index (κ3) is 24.1. The summed E-state index contributed by atoms with van der Waals surface area (Å²) in [7, 11) is 6.91. The normalized spacial score (nSPS) is 9.52. The second kappa shape index (κ2) is 33.4. The van der Waals surface area contributed by atoms with Crippen molar-refractivity contribution in [1.82, 2.24) is 0 Å². The van der Waals surface area contributed by atoms with Crippen LogP contribution in [0.1, 0.15) is 52.4 Å². The SMILES string of the molecule is CCCCC(C(=O)N(C)c1ccccc1)C(=O)N(C)c1ccccc1.CCCCC(C(=O)N(C)c1ccccc1)C(=O)N(C)c1ccccc1.O=[N+]([O-])[O-].O=[N+]([O-])[O-].O=[N+]([O-])[O-].[Nd+3]. The van der Waals surface area contributed by atoms with Crippen LogP contribution in [0.3, 0.4) is 0 Å². The van der Waals surface area contributed by atoms with Crippen molar-refractivity contribution in [2.75, 3.05) is 47.8 Å². The minimum Gasteiger partial charge on any atom is -0.356 e. The molecule has 4 aromatic rings. The van der Waals surface area contributed by atoms with E-state index in [1.807, 2.05) is 121 Å². The van der Waals surface area contributed by atoms with Crippen LogP contribution in [0.5, 0.6) is 0 Å². The summed E-state index contributed by atoms with van der Waals surface area (Å²) in [6.45, 7) is 4.13. The molecule has 0 spiro atoms. The first-order valence-corrected chi connectivity index (χ1v) is 19.1. The predicted molar refractivity (Wildman–Crippen MR) is 237 cm³/mol. The molecule has 63 heavy (non-hydrogen) atoms. The van der Waals surface area contributed by atoms with Gasteiger partial charge in [0.05, 0.1) is 15.3 Å². The third-order valence-corrected chi connectivity index (χ3v) is 8.78. The van der Waals surface area contributed by atoms with Crippen molar-refractivity contribution in [1.29, 1.82) is 0 Å². The Morgan fingerprint density at radius 3 is 0.714 bits per heavy atom. The van der Waals surface area contributed by atoms with E-state index in [9.17, 15) is 19.2 Å². The largest absolute Gasteiger partial charge is 3.00 e. The number of para-hydroxylation sites is 4. The van der Waals surface area contributed by atoms with E-state index >= 15 is 0 Å². The van der Waals surface area contributed by atoms with Gasteiger partial charge in [0.2, 0.25) is 23.6 Å². The number of hydrogen-bond donors (Lipinski definition) is 0. The van der Waals surface area contributed by atoms with E-state index in [1.165, 1.54) is 0 Å². The summed E-state index contributed by atoms with van der Waals surface area (Å²) in [5.74, 6) is -1.98. The Kier molecular flexibility index (Phi) is 31.1. The average Bonchev–Trinajstić information content (AvgIpc) is 3.26.